The number of Topliss-reactive ketones (excluding diaryl/α,β-unsaturated/α-hetero) is 3. The van der Waals surface area contributed by atoms with Crippen molar-refractivity contribution in [3.8, 4) is 0 Å². The third-order valence-electron chi connectivity index (χ3n) is 7.37. The number of hydrogen-bond acceptors (Lipinski definition) is 4. The largest absolute Gasteiger partial charge is 0.352 e. The molecule has 5 heteroatoms. The quantitative estimate of drug-likeness (QED) is 0.538. The second kappa shape index (κ2) is 6.82. The Bertz CT molecular complexity index is 1360. The van der Waals surface area contributed by atoms with Gasteiger partial charge in [0, 0.05) is 22.7 Å². The second-order valence-corrected chi connectivity index (χ2v) is 8.90. The summed E-state index contributed by atoms with van der Waals surface area (Å²) in [5, 5.41) is 0. The molecule has 3 aromatic rings. The average molecular weight is 437 g/mol. The SMILES string of the molecule is CC(=O)[C@@H]1[C@H](c2ccccc2F)C2(C(=O)c3ccccc3C2=O)[C@H]2C=Cc3ccccc3N12. The van der Waals surface area contributed by atoms with E-state index in [1.807, 2.05) is 41.3 Å². The summed E-state index contributed by atoms with van der Waals surface area (Å²) in [6.07, 6.45) is 3.73. The maximum atomic E-state index is 15.3. The van der Waals surface area contributed by atoms with Crippen LogP contribution in [0.3, 0.4) is 0 Å². The van der Waals surface area contributed by atoms with Crippen LogP contribution in [0.4, 0.5) is 10.1 Å². The molecule has 0 radical (unpaired) electrons. The van der Waals surface area contributed by atoms with E-state index >= 15 is 4.39 Å². The summed E-state index contributed by atoms with van der Waals surface area (Å²) in [6, 6.07) is 18.9. The maximum absolute atomic E-state index is 15.3. The summed E-state index contributed by atoms with van der Waals surface area (Å²) in [6.45, 7) is 1.45. The first-order valence-electron chi connectivity index (χ1n) is 11.0. The van der Waals surface area contributed by atoms with E-state index in [9.17, 15) is 14.4 Å². The molecule has 0 aromatic heterocycles. The van der Waals surface area contributed by atoms with Crippen molar-refractivity contribution in [2.24, 2.45) is 5.41 Å². The van der Waals surface area contributed by atoms with Crippen molar-refractivity contribution in [3.05, 3.63) is 107 Å². The number of benzene rings is 3. The number of anilines is 1. The molecule has 3 atom stereocenters. The van der Waals surface area contributed by atoms with Gasteiger partial charge in [0.1, 0.15) is 11.2 Å². The lowest BCUT2D eigenvalue weighted by Gasteiger charge is -2.37. The van der Waals surface area contributed by atoms with Gasteiger partial charge in [-0.25, -0.2) is 4.39 Å². The van der Waals surface area contributed by atoms with Crippen LogP contribution in [0.1, 0.15) is 44.7 Å². The molecular weight excluding hydrogens is 417 g/mol. The van der Waals surface area contributed by atoms with Crippen molar-refractivity contribution in [1.29, 1.82) is 0 Å². The fourth-order valence-corrected chi connectivity index (χ4v) is 6.14. The molecule has 2 aliphatic heterocycles. The van der Waals surface area contributed by atoms with E-state index in [-0.39, 0.29) is 22.9 Å². The zero-order chi connectivity index (χ0) is 22.9. The predicted molar refractivity (Wildman–Crippen MR) is 123 cm³/mol. The van der Waals surface area contributed by atoms with Crippen LogP contribution >= 0.6 is 0 Å². The molecule has 1 saturated heterocycles. The van der Waals surface area contributed by atoms with Gasteiger partial charge >= 0.3 is 0 Å². The summed E-state index contributed by atoms with van der Waals surface area (Å²) in [7, 11) is 0. The van der Waals surface area contributed by atoms with Gasteiger partial charge in [-0.05, 0) is 30.2 Å². The highest BCUT2D eigenvalue weighted by Gasteiger charge is 2.71. The van der Waals surface area contributed by atoms with E-state index in [1.165, 1.54) is 13.0 Å². The molecule has 0 bridgehead atoms. The average Bonchev–Trinajstić information content (AvgIpc) is 3.26. The zero-order valence-corrected chi connectivity index (χ0v) is 17.9. The van der Waals surface area contributed by atoms with Crippen molar-refractivity contribution in [2.75, 3.05) is 4.90 Å². The summed E-state index contributed by atoms with van der Waals surface area (Å²) in [5.74, 6) is -2.41. The topological polar surface area (TPSA) is 54.5 Å². The number of carbonyl (C=O) groups excluding carboxylic acids is 3. The van der Waals surface area contributed by atoms with Gasteiger partial charge in [-0.1, -0.05) is 72.8 Å². The lowest BCUT2D eigenvalue weighted by atomic mass is 9.64. The Balaban J connectivity index is 1.71. The minimum atomic E-state index is -1.63. The number of fused-ring (bicyclic) bond motifs is 5. The van der Waals surface area contributed by atoms with Gasteiger partial charge < -0.3 is 4.90 Å². The third kappa shape index (κ3) is 2.37. The highest BCUT2D eigenvalue weighted by molar-refractivity contribution is 6.32. The monoisotopic (exact) mass is 437 g/mol. The highest BCUT2D eigenvalue weighted by Crippen LogP contribution is 2.60. The van der Waals surface area contributed by atoms with Crippen LogP contribution in [-0.2, 0) is 4.79 Å². The summed E-state index contributed by atoms with van der Waals surface area (Å²) < 4.78 is 15.3. The lowest BCUT2D eigenvalue weighted by Crippen LogP contribution is -2.48. The fraction of sp³-hybridized carbons (Fsp3) is 0.179. The van der Waals surface area contributed by atoms with E-state index in [2.05, 4.69) is 0 Å². The van der Waals surface area contributed by atoms with Crippen LogP contribution in [0, 0.1) is 11.2 Å². The number of halogens is 1. The standard InChI is InChI=1S/C28H20FNO3/c1-16(31)25-24(20-11-5-6-12-21(20)29)28(26(32)18-9-3-4-10-19(18)27(28)33)23-15-14-17-8-2-7-13-22(17)30(23)25/h2-15,23-25H,1H3/t23-,24+,25-/m1/s1. The van der Waals surface area contributed by atoms with E-state index < -0.39 is 29.2 Å². The van der Waals surface area contributed by atoms with Gasteiger partial charge in [0.2, 0.25) is 0 Å². The van der Waals surface area contributed by atoms with Gasteiger partial charge in [-0.15, -0.1) is 0 Å². The first-order valence-corrected chi connectivity index (χ1v) is 11.0. The van der Waals surface area contributed by atoms with Crippen molar-refractivity contribution < 1.29 is 18.8 Å². The number of nitrogens with zero attached hydrogens (tertiary/aromatic N) is 1. The Morgan fingerprint density at radius 1 is 0.879 bits per heavy atom. The molecular formula is C28H20FNO3. The number of carbonyl (C=O) groups is 3. The van der Waals surface area contributed by atoms with Gasteiger partial charge in [-0.2, -0.15) is 0 Å². The molecule has 0 saturated carbocycles. The first kappa shape index (κ1) is 19.8. The van der Waals surface area contributed by atoms with Crippen LogP contribution in [0.15, 0.2) is 78.9 Å². The Morgan fingerprint density at radius 3 is 2.15 bits per heavy atom. The van der Waals surface area contributed by atoms with E-state index in [1.54, 1.807) is 42.5 Å². The first-order chi connectivity index (χ1) is 16.0. The minimum absolute atomic E-state index is 0.215. The van der Waals surface area contributed by atoms with Crippen LogP contribution < -0.4 is 4.90 Å². The van der Waals surface area contributed by atoms with Crippen molar-refractivity contribution in [1.82, 2.24) is 0 Å². The molecule has 0 N–H and O–H groups in total. The summed E-state index contributed by atoms with van der Waals surface area (Å²) in [5.41, 5.74) is 0.902. The zero-order valence-electron chi connectivity index (χ0n) is 17.9. The molecule has 1 spiro atoms. The van der Waals surface area contributed by atoms with Crippen LogP contribution in [0.25, 0.3) is 6.08 Å². The smallest absolute Gasteiger partial charge is 0.180 e. The molecule has 4 nitrogen and oxygen atoms in total. The van der Waals surface area contributed by atoms with Crippen molar-refractivity contribution >= 4 is 29.1 Å². The summed E-state index contributed by atoms with van der Waals surface area (Å²) in [4.78, 5) is 43.4. The predicted octanol–water partition coefficient (Wildman–Crippen LogP) is 4.85. The fourth-order valence-electron chi connectivity index (χ4n) is 6.14. The normalized spacial score (nSPS) is 24.1. The summed E-state index contributed by atoms with van der Waals surface area (Å²) >= 11 is 0. The molecule has 1 fully saturated rings. The number of ketones is 3. The Hall–Kier alpha value is -3.86. The number of para-hydroxylation sites is 1. The van der Waals surface area contributed by atoms with Crippen LogP contribution in [0.2, 0.25) is 0 Å². The lowest BCUT2D eigenvalue weighted by molar-refractivity contribution is -0.118. The van der Waals surface area contributed by atoms with Gasteiger partial charge in [0.25, 0.3) is 0 Å². The second-order valence-electron chi connectivity index (χ2n) is 8.90. The minimum Gasteiger partial charge on any atom is -0.352 e. The maximum Gasteiger partial charge on any atom is 0.180 e. The molecule has 6 rings (SSSR count). The highest BCUT2D eigenvalue weighted by atomic mass is 19.1. The van der Waals surface area contributed by atoms with Gasteiger partial charge in [0.05, 0.1) is 12.1 Å². The number of hydrogen-bond donors (Lipinski definition) is 0. The van der Waals surface area contributed by atoms with E-state index in [0.717, 1.165) is 11.3 Å². The Kier molecular flexibility index (Phi) is 4.09. The molecule has 162 valence electrons. The molecule has 0 unspecified atom stereocenters. The molecule has 2 heterocycles. The van der Waals surface area contributed by atoms with Crippen molar-refractivity contribution in [2.45, 2.75) is 24.9 Å². The van der Waals surface area contributed by atoms with E-state index in [4.69, 9.17) is 0 Å². The molecule has 0 amide bonds. The molecule has 1 aliphatic carbocycles. The molecule has 3 aliphatic rings. The van der Waals surface area contributed by atoms with Crippen LogP contribution in [-0.4, -0.2) is 29.4 Å². The van der Waals surface area contributed by atoms with Crippen LogP contribution in [0.5, 0.6) is 0 Å². The molecule has 3 aromatic carbocycles. The third-order valence-corrected chi connectivity index (χ3v) is 7.37. The van der Waals surface area contributed by atoms with Gasteiger partial charge in [-0.3, -0.25) is 14.4 Å². The Labute approximate surface area is 190 Å². The molecule has 33 heavy (non-hydrogen) atoms. The van der Waals surface area contributed by atoms with Crippen molar-refractivity contribution in [3.63, 3.8) is 0 Å². The Morgan fingerprint density at radius 2 is 1.48 bits per heavy atom. The van der Waals surface area contributed by atoms with E-state index in [0.29, 0.717) is 11.1 Å². The van der Waals surface area contributed by atoms with Gasteiger partial charge in [0.15, 0.2) is 17.3 Å². The number of rotatable bonds is 2.